The van der Waals surface area contributed by atoms with Crippen LogP contribution in [0.3, 0.4) is 0 Å². The van der Waals surface area contributed by atoms with Crippen LogP contribution in [0.2, 0.25) is 0 Å². The van der Waals surface area contributed by atoms with Crippen LogP contribution in [0.5, 0.6) is 0 Å². The van der Waals surface area contributed by atoms with Crippen LogP contribution in [0.25, 0.3) is 0 Å². The molecule has 0 aromatic heterocycles. The molecule has 0 amide bonds. The zero-order valence-electron chi connectivity index (χ0n) is 11.0. The molecule has 0 heterocycles. The van der Waals surface area contributed by atoms with Gasteiger partial charge in [0.2, 0.25) is 0 Å². The lowest BCUT2D eigenvalue weighted by Gasteiger charge is -2.25. The molecule has 2 aliphatic carbocycles. The number of fused-ring (bicyclic) bond motifs is 2. The largest absolute Gasteiger partial charge is 0.324 e. The summed E-state index contributed by atoms with van der Waals surface area (Å²) in [6.45, 7) is 1.93. The Labute approximate surface area is 109 Å². The molecule has 4 atom stereocenters. The molecule has 1 nitrogen and oxygen atoms in total. The topological polar surface area (TPSA) is 26.0 Å². The lowest BCUT2D eigenvalue weighted by molar-refractivity contribution is 0.296. The molecule has 2 N–H and O–H groups in total. The van der Waals surface area contributed by atoms with Gasteiger partial charge in [-0.1, -0.05) is 12.5 Å². The number of rotatable bonds is 3. The standard InChI is InChI=1S/C16H22FN/c1-10-4-14(8-15(17)5-10)16(18)9-13-7-11-2-3-12(13)6-11/h4-5,8,11-13,16H,2-3,6-7,9,18H2,1H3. The fraction of sp³-hybridized carbons (Fsp3) is 0.625. The summed E-state index contributed by atoms with van der Waals surface area (Å²) in [5.74, 6) is 2.48. The van der Waals surface area contributed by atoms with Gasteiger partial charge >= 0.3 is 0 Å². The van der Waals surface area contributed by atoms with Crippen molar-refractivity contribution in [1.82, 2.24) is 0 Å². The van der Waals surface area contributed by atoms with Gasteiger partial charge in [0.15, 0.2) is 0 Å². The van der Waals surface area contributed by atoms with Gasteiger partial charge in [0, 0.05) is 6.04 Å². The zero-order chi connectivity index (χ0) is 12.7. The predicted molar refractivity (Wildman–Crippen MR) is 71.6 cm³/mol. The molecular formula is C16H22FN. The summed E-state index contributed by atoms with van der Waals surface area (Å²) in [5.41, 5.74) is 8.21. The zero-order valence-corrected chi connectivity index (χ0v) is 11.0. The third-order valence-electron chi connectivity index (χ3n) is 4.93. The molecule has 1 aromatic rings. The van der Waals surface area contributed by atoms with E-state index in [9.17, 15) is 4.39 Å². The fourth-order valence-corrected chi connectivity index (χ4v) is 4.11. The summed E-state index contributed by atoms with van der Waals surface area (Å²) in [6.07, 6.45) is 6.62. The Hall–Kier alpha value is -0.890. The van der Waals surface area contributed by atoms with E-state index in [1.165, 1.54) is 25.7 Å². The second-order valence-corrected chi connectivity index (χ2v) is 6.34. The third kappa shape index (κ3) is 2.31. The first kappa shape index (κ1) is 12.2. The first-order valence-electron chi connectivity index (χ1n) is 7.14. The molecule has 2 heteroatoms. The maximum absolute atomic E-state index is 13.4. The monoisotopic (exact) mass is 247 g/mol. The predicted octanol–water partition coefficient (Wildman–Crippen LogP) is 3.96. The van der Waals surface area contributed by atoms with Crippen molar-refractivity contribution in [3.63, 3.8) is 0 Å². The van der Waals surface area contributed by atoms with Gasteiger partial charge in [-0.2, -0.15) is 0 Å². The summed E-state index contributed by atoms with van der Waals surface area (Å²) < 4.78 is 13.4. The summed E-state index contributed by atoms with van der Waals surface area (Å²) in [4.78, 5) is 0. The van der Waals surface area contributed by atoms with E-state index in [-0.39, 0.29) is 11.9 Å². The SMILES string of the molecule is Cc1cc(F)cc(C(N)CC2CC3CCC2C3)c1. The molecule has 2 aliphatic rings. The molecule has 1 aromatic carbocycles. The number of benzene rings is 1. The van der Waals surface area contributed by atoms with Crippen LogP contribution in [0.1, 0.15) is 49.3 Å². The molecule has 2 saturated carbocycles. The highest BCUT2D eigenvalue weighted by Crippen LogP contribution is 2.50. The maximum atomic E-state index is 13.4. The molecule has 0 radical (unpaired) electrons. The third-order valence-corrected chi connectivity index (χ3v) is 4.93. The van der Waals surface area contributed by atoms with Crippen molar-refractivity contribution in [1.29, 1.82) is 0 Å². The first-order chi connectivity index (χ1) is 8.61. The molecular weight excluding hydrogens is 225 g/mol. The van der Waals surface area contributed by atoms with Gasteiger partial charge in [0.05, 0.1) is 0 Å². The molecule has 0 aliphatic heterocycles. The lowest BCUT2D eigenvalue weighted by Crippen LogP contribution is -2.19. The summed E-state index contributed by atoms with van der Waals surface area (Å²) >= 11 is 0. The number of hydrogen-bond acceptors (Lipinski definition) is 1. The Bertz CT molecular complexity index is 422. The van der Waals surface area contributed by atoms with Crippen LogP contribution < -0.4 is 5.73 Å². The molecule has 18 heavy (non-hydrogen) atoms. The average Bonchev–Trinajstić information content (AvgIpc) is 2.89. The van der Waals surface area contributed by atoms with Crippen molar-refractivity contribution in [3.05, 3.63) is 35.1 Å². The van der Waals surface area contributed by atoms with Crippen molar-refractivity contribution < 1.29 is 4.39 Å². The van der Waals surface area contributed by atoms with E-state index < -0.39 is 0 Å². The smallest absolute Gasteiger partial charge is 0.123 e. The van der Waals surface area contributed by atoms with E-state index in [1.54, 1.807) is 12.1 Å². The Kier molecular flexibility index (Phi) is 3.14. The van der Waals surface area contributed by atoms with E-state index in [0.717, 1.165) is 35.3 Å². The van der Waals surface area contributed by atoms with Gasteiger partial charge in [-0.15, -0.1) is 0 Å². The van der Waals surface area contributed by atoms with E-state index in [0.29, 0.717) is 0 Å². The fourth-order valence-electron chi connectivity index (χ4n) is 4.11. The quantitative estimate of drug-likeness (QED) is 0.859. The highest BCUT2D eigenvalue weighted by molar-refractivity contribution is 5.26. The van der Waals surface area contributed by atoms with Crippen molar-refractivity contribution in [2.24, 2.45) is 23.5 Å². The van der Waals surface area contributed by atoms with Crippen molar-refractivity contribution >= 4 is 0 Å². The summed E-state index contributed by atoms with van der Waals surface area (Å²) in [7, 11) is 0. The Morgan fingerprint density at radius 3 is 2.72 bits per heavy atom. The highest BCUT2D eigenvalue weighted by atomic mass is 19.1. The molecule has 2 fully saturated rings. The summed E-state index contributed by atoms with van der Waals surface area (Å²) in [6, 6.07) is 5.20. The second kappa shape index (κ2) is 4.65. The molecule has 2 bridgehead atoms. The minimum Gasteiger partial charge on any atom is -0.324 e. The van der Waals surface area contributed by atoms with Gasteiger partial charge in [-0.3, -0.25) is 0 Å². The number of nitrogens with two attached hydrogens (primary N) is 1. The van der Waals surface area contributed by atoms with Crippen LogP contribution in [0, 0.1) is 30.5 Å². The molecule has 98 valence electrons. The molecule has 0 saturated heterocycles. The van der Waals surface area contributed by atoms with Gasteiger partial charge in [0.1, 0.15) is 5.82 Å². The Balaban J connectivity index is 1.69. The maximum Gasteiger partial charge on any atom is 0.123 e. The van der Waals surface area contributed by atoms with Crippen LogP contribution in [0.15, 0.2) is 18.2 Å². The first-order valence-corrected chi connectivity index (χ1v) is 7.14. The number of hydrogen-bond donors (Lipinski definition) is 1. The van der Waals surface area contributed by atoms with E-state index in [1.807, 2.05) is 13.0 Å². The van der Waals surface area contributed by atoms with Crippen molar-refractivity contribution in [2.75, 3.05) is 0 Å². The van der Waals surface area contributed by atoms with Crippen LogP contribution in [-0.4, -0.2) is 0 Å². The Morgan fingerprint density at radius 2 is 2.11 bits per heavy atom. The van der Waals surface area contributed by atoms with Gasteiger partial charge in [-0.05, 0) is 73.6 Å². The van der Waals surface area contributed by atoms with Crippen LogP contribution >= 0.6 is 0 Å². The summed E-state index contributed by atoms with van der Waals surface area (Å²) in [5, 5.41) is 0. The molecule has 3 rings (SSSR count). The number of halogens is 1. The van der Waals surface area contributed by atoms with Crippen molar-refractivity contribution in [3.8, 4) is 0 Å². The number of aryl methyl sites for hydroxylation is 1. The van der Waals surface area contributed by atoms with E-state index in [4.69, 9.17) is 5.73 Å². The molecule has 0 spiro atoms. The minimum absolute atomic E-state index is 0.00347. The van der Waals surface area contributed by atoms with E-state index >= 15 is 0 Å². The van der Waals surface area contributed by atoms with E-state index in [2.05, 4.69) is 0 Å². The van der Waals surface area contributed by atoms with Gasteiger partial charge < -0.3 is 5.73 Å². The lowest BCUT2D eigenvalue weighted by atomic mass is 9.83. The second-order valence-electron chi connectivity index (χ2n) is 6.34. The minimum atomic E-state index is -0.159. The average molecular weight is 247 g/mol. The van der Waals surface area contributed by atoms with Gasteiger partial charge in [-0.25, -0.2) is 4.39 Å². The Morgan fingerprint density at radius 1 is 1.28 bits per heavy atom. The van der Waals surface area contributed by atoms with Crippen LogP contribution in [0.4, 0.5) is 4.39 Å². The van der Waals surface area contributed by atoms with Crippen molar-refractivity contribution in [2.45, 2.75) is 45.1 Å². The van der Waals surface area contributed by atoms with Gasteiger partial charge in [0.25, 0.3) is 0 Å². The van der Waals surface area contributed by atoms with Crippen LogP contribution in [-0.2, 0) is 0 Å². The highest BCUT2D eigenvalue weighted by Gasteiger charge is 2.39. The normalized spacial score (nSPS) is 31.8. The molecule has 4 unspecified atom stereocenters.